The summed E-state index contributed by atoms with van der Waals surface area (Å²) in [5, 5.41) is 15.3. The summed E-state index contributed by atoms with van der Waals surface area (Å²) < 4.78 is 5.54. The van der Waals surface area contributed by atoms with Crippen LogP contribution in [0.1, 0.15) is 19.4 Å². The average molecular weight is 255 g/mol. The van der Waals surface area contributed by atoms with Crippen molar-refractivity contribution in [2.24, 2.45) is 0 Å². The van der Waals surface area contributed by atoms with Gasteiger partial charge in [-0.25, -0.2) is 5.10 Å². The van der Waals surface area contributed by atoms with Gasteiger partial charge in [-0.3, -0.25) is 4.79 Å². The van der Waals surface area contributed by atoms with Crippen LogP contribution in [0.25, 0.3) is 11.3 Å². The molecular weight excluding hydrogens is 242 g/mol. The number of rotatable bonds is 3. The minimum atomic E-state index is -0.389. The zero-order valence-electron chi connectivity index (χ0n) is 10.7. The van der Waals surface area contributed by atoms with E-state index in [1.165, 1.54) is 6.07 Å². The highest BCUT2D eigenvalue weighted by atomic mass is 16.5. The first kappa shape index (κ1) is 12.8. The number of nitrogens with one attached hydrogen (secondary N) is 1. The maximum atomic E-state index is 11.1. The van der Waals surface area contributed by atoms with Crippen LogP contribution in [-0.2, 0) is 0 Å². The fraction of sp³-hybridized carbons (Fsp3) is 0.214. The van der Waals surface area contributed by atoms with E-state index in [1.54, 1.807) is 12.1 Å². The molecule has 0 atom stereocenters. The summed E-state index contributed by atoms with van der Waals surface area (Å²) in [6.45, 7) is 3.90. The first-order valence-corrected chi connectivity index (χ1v) is 5.87. The van der Waals surface area contributed by atoms with Crippen LogP contribution in [0.3, 0.4) is 0 Å². The molecule has 19 heavy (non-hydrogen) atoms. The molecule has 1 heterocycles. The van der Waals surface area contributed by atoms with E-state index >= 15 is 0 Å². The van der Waals surface area contributed by atoms with Crippen LogP contribution in [-0.4, -0.2) is 16.3 Å². The normalized spacial score (nSPS) is 10.2. The summed E-state index contributed by atoms with van der Waals surface area (Å²) in [4.78, 5) is 11.1. The zero-order valence-corrected chi connectivity index (χ0v) is 10.7. The fourth-order valence-electron chi connectivity index (χ4n) is 1.67. The molecule has 0 radical (unpaired) electrons. The molecule has 1 aromatic carbocycles. The Kier molecular flexibility index (Phi) is 3.62. The van der Waals surface area contributed by atoms with Gasteiger partial charge in [0, 0.05) is 11.6 Å². The first-order chi connectivity index (χ1) is 9.10. The van der Waals surface area contributed by atoms with Crippen LogP contribution in [0, 0.1) is 11.3 Å². The largest absolute Gasteiger partial charge is 0.491 e. The monoisotopic (exact) mass is 255 g/mol. The zero-order chi connectivity index (χ0) is 13.8. The Hall–Kier alpha value is -2.61. The molecule has 0 aliphatic heterocycles. The maximum Gasteiger partial charge on any atom is 0.265 e. The second-order valence-electron chi connectivity index (χ2n) is 4.30. The predicted octanol–water partition coefficient (Wildman–Crippen LogP) is 2.10. The van der Waals surface area contributed by atoms with E-state index in [0.29, 0.717) is 5.69 Å². The second kappa shape index (κ2) is 5.36. The molecule has 1 N–H and O–H groups in total. The minimum Gasteiger partial charge on any atom is -0.491 e. The minimum absolute atomic E-state index is 0.103. The Bertz CT molecular complexity index is 666. The smallest absolute Gasteiger partial charge is 0.265 e. The Morgan fingerprint density at radius 3 is 2.58 bits per heavy atom. The Morgan fingerprint density at radius 1 is 1.32 bits per heavy atom. The van der Waals surface area contributed by atoms with Crippen molar-refractivity contribution >= 4 is 0 Å². The second-order valence-corrected chi connectivity index (χ2v) is 4.30. The Labute approximate surface area is 110 Å². The van der Waals surface area contributed by atoms with Gasteiger partial charge in [0.15, 0.2) is 0 Å². The molecule has 0 saturated carbocycles. The van der Waals surface area contributed by atoms with Gasteiger partial charge in [0.05, 0.1) is 11.7 Å². The van der Waals surface area contributed by atoms with Crippen molar-refractivity contribution in [3.8, 4) is 23.1 Å². The lowest BCUT2D eigenvalue weighted by Crippen LogP contribution is -2.09. The highest BCUT2D eigenvalue weighted by Gasteiger charge is 2.08. The molecule has 0 aliphatic carbocycles. The summed E-state index contributed by atoms with van der Waals surface area (Å²) in [5.41, 5.74) is 1.07. The van der Waals surface area contributed by atoms with Crippen LogP contribution < -0.4 is 10.3 Å². The van der Waals surface area contributed by atoms with E-state index in [9.17, 15) is 4.79 Å². The van der Waals surface area contributed by atoms with Gasteiger partial charge >= 0.3 is 0 Å². The van der Waals surface area contributed by atoms with Crippen molar-refractivity contribution in [2.75, 3.05) is 0 Å². The molecule has 2 rings (SSSR count). The van der Waals surface area contributed by atoms with E-state index in [1.807, 2.05) is 32.0 Å². The average Bonchev–Trinajstić information content (AvgIpc) is 2.39. The van der Waals surface area contributed by atoms with Crippen LogP contribution >= 0.6 is 0 Å². The first-order valence-electron chi connectivity index (χ1n) is 5.87. The highest BCUT2D eigenvalue weighted by molar-refractivity contribution is 5.66. The van der Waals surface area contributed by atoms with Gasteiger partial charge in [-0.1, -0.05) is 0 Å². The summed E-state index contributed by atoms with van der Waals surface area (Å²) in [6, 6.07) is 10.4. The third-order valence-corrected chi connectivity index (χ3v) is 2.43. The van der Waals surface area contributed by atoms with Crippen LogP contribution in [0.15, 0.2) is 35.1 Å². The quantitative estimate of drug-likeness (QED) is 0.910. The number of benzene rings is 1. The SMILES string of the molecule is CC(C)Oc1ccc(-c2n[nH]c(=O)cc2C#N)cc1. The molecular formula is C14H13N3O2. The number of aromatic nitrogens is 2. The summed E-state index contributed by atoms with van der Waals surface area (Å²) >= 11 is 0. The van der Waals surface area contributed by atoms with Gasteiger partial charge in [-0.05, 0) is 38.1 Å². The van der Waals surface area contributed by atoms with Crippen molar-refractivity contribution in [3.05, 3.63) is 46.2 Å². The Morgan fingerprint density at radius 2 is 2.00 bits per heavy atom. The van der Waals surface area contributed by atoms with E-state index in [4.69, 9.17) is 10.00 Å². The number of nitrogens with zero attached hydrogens (tertiary/aromatic N) is 2. The Balaban J connectivity index is 2.38. The highest BCUT2D eigenvalue weighted by Crippen LogP contribution is 2.22. The molecule has 96 valence electrons. The molecule has 0 amide bonds. The summed E-state index contributed by atoms with van der Waals surface area (Å²) in [5.74, 6) is 0.752. The molecule has 0 saturated heterocycles. The molecule has 0 spiro atoms. The van der Waals surface area contributed by atoms with Crippen molar-refractivity contribution in [1.82, 2.24) is 10.2 Å². The number of ether oxygens (including phenoxy) is 1. The lowest BCUT2D eigenvalue weighted by Gasteiger charge is -2.10. The standard InChI is InChI=1S/C14H13N3O2/c1-9(2)19-12-5-3-10(4-6-12)14-11(8-15)7-13(18)16-17-14/h3-7,9H,1-2H3,(H,16,18). The van der Waals surface area contributed by atoms with Gasteiger partial charge in [-0.15, -0.1) is 0 Å². The number of nitriles is 1. The van der Waals surface area contributed by atoms with Crippen molar-refractivity contribution in [2.45, 2.75) is 20.0 Å². The fourth-order valence-corrected chi connectivity index (χ4v) is 1.67. The van der Waals surface area contributed by atoms with Crippen molar-refractivity contribution < 1.29 is 4.74 Å². The number of hydrogen-bond acceptors (Lipinski definition) is 4. The third-order valence-electron chi connectivity index (χ3n) is 2.43. The van der Waals surface area contributed by atoms with E-state index in [-0.39, 0.29) is 17.2 Å². The van der Waals surface area contributed by atoms with Gasteiger partial charge in [0.1, 0.15) is 17.5 Å². The molecule has 0 bridgehead atoms. The predicted molar refractivity (Wildman–Crippen MR) is 70.8 cm³/mol. The summed E-state index contributed by atoms with van der Waals surface area (Å²) in [7, 11) is 0. The van der Waals surface area contributed by atoms with Crippen molar-refractivity contribution in [3.63, 3.8) is 0 Å². The van der Waals surface area contributed by atoms with Gasteiger partial charge in [0.25, 0.3) is 5.56 Å². The molecule has 5 heteroatoms. The van der Waals surface area contributed by atoms with E-state index < -0.39 is 0 Å². The molecule has 0 aliphatic rings. The number of aromatic amines is 1. The van der Waals surface area contributed by atoms with Crippen LogP contribution in [0.4, 0.5) is 0 Å². The van der Waals surface area contributed by atoms with E-state index in [2.05, 4.69) is 10.2 Å². The van der Waals surface area contributed by atoms with Crippen LogP contribution in [0.2, 0.25) is 0 Å². The topological polar surface area (TPSA) is 78.8 Å². The van der Waals surface area contributed by atoms with Gasteiger partial charge in [0.2, 0.25) is 0 Å². The lowest BCUT2D eigenvalue weighted by molar-refractivity contribution is 0.242. The van der Waals surface area contributed by atoms with E-state index in [0.717, 1.165) is 11.3 Å². The van der Waals surface area contributed by atoms with Gasteiger partial charge in [-0.2, -0.15) is 10.4 Å². The summed E-state index contributed by atoms with van der Waals surface area (Å²) in [6.07, 6.45) is 0.103. The molecule has 0 unspecified atom stereocenters. The van der Waals surface area contributed by atoms with Crippen LogP contribution in [0.5, 0.6) is 5.75 Å². The lowest BCUT2D eigenvalue weighted by atomic mass is 10.1. The van der Waals surface area contributed by atoms with Gasteiger partial charge < -0.3 is 4.74 Å². The van der Waals surface area contributed by atoms with Crippen molar-refractivity contribution in [1.29, 1.82) is 5.26 Å². The molecule has 5 nitrogen and oxygen atoms in total. The third kappa shape index (κ3) is 2.99. The molecule has 1 aromatic heterocycles. The molecule has 0 fully saturated rings. The number of H-pyrrole nitrogens is 1. The molecule has 2 aromatic rings. The number of hydrogen-bond donors (Lipinski definition) is 1. The maximum absolute atomic E-state index is 11.1.